The van der Waals surface area contributed by atoms with E-state index in [4.69, 9.17) is 14.2 Å². The molecular weight excluding hydrogens is 1020 g/mol. The Kier molecular flexibility index (Phi) is 68.2. The standard InChI is InChI=1S/C77H136O6/c1-4-7-10-13-16-19-22-25-28-31-34-35-36-37-38-39-40-41-42-43-44-47-49-52-55-58-61-64-67-70-76(79)82-73-74(83-77(80)71-68-65-62-59-56-53-50-46-33-30-27-24-21-18-15-12-9-6-3)72-81-75(78)69-66-63-60-57-54-51-48-45-32-29-26-23-20-17-14-11-8-5-2/h7,10,16,19,25,28,30,33-35,37-38,40-41,74H,4-6,8-9,11-15,17-18,20-24,26-27,29,31-32,36,39,42-73H2,1-3H3/b10-7-,19-16-,28-25-,33-30-,35-34-,38-37-,41-40-. The summed E-state index contributed by atoms with van der Waals surface area (Å²) in [6.07, 6.45) is 94.6. The molecule has 0 aliphatic carbocycles. The number of hydrogen-bond acceptors (Lipinski definition) is 6. The molecule has 6 nitrogen and oxygen atoms in total. The van der Waals surface area contributed by atoms with Crippen LogP contribution in [0.5, 0.6) is 0 Å². The number of allylic oxidation sites excluding steroid dienone is 14. The zero-order chi connectivity index (χ0) is 59.9. The van der Waals surface area contributed by atoms with Gasteiger partial charge in [-0.25, -0.2) is 0 Å². The Morgan fingerprint density at radius 1 is 0.253 bits per heavy atom. The highest BCUT2D eigenvalue weighted by atomic mass is 16.6. The number of rotatable bonds is 66. The molecule has 1 unspecified atom stereocenters. The van der Waals surface area contributed by atoms with Crippen LogP contribution in [-0.2, 0) is 28.6 Å². The first kappa shape index (κ1) is 79.6. The van der Waals surface area contributed by atoms with Crippen molar-refractivity contribution in [3.63, 3.8) is 0 Å². The molecule has 0 N–H and O–H groups in total. The van der Waals surface area contributed by atoms with E-state index in [1.807, 2.05) is 0 Å². The average molecular weight is 1160 g/mol. The molecule has 480 valence electrons. The number of unbranched alkanes of at least 4 members (excludes halogenated alkanes) is 41. The number of hydrogen-bond donors (Lipinski definition) is 0. The van der Waals surface area contributed by atoms with Crippen molar-refractivity contribution in [1.82, 2.24) is 0 Å². The van der Waals surface area contributed by atoms with Crippen molar-refractivity contribution in [1.29, 1.82) is 0 Å². The van der Waals surface area contributed by atoms with Gasteiger partial charge in [-0.2, -0.15) is 0 Å². The average Bonchev–Trinajstić information content (AvgIpc) is 3.49. The lowest BCUT2D eigenvalue weighted by atomic mass is 10.0. The first-order chi connectivity index (χ1) is 41.0. The number of esters is 3. The Bertz CT molecular complexity index is 1570. The minimum atomic E-state index is -0.781. The summed E-state index contributed by atoms with van der Waals surface area (Å²) in [4.78, 5) is 38.5. The lowest BCUT2D eigenvalue weighted by Gasteiger charge is -2.18. The molecule has 0 amide bonds. The molecular formula is C77H136O6. The van der Waals surface area contributed by atoms with Gasteiger partial charge in [-0.1, -0.05) is 337 Å². The van der Waals surface area contributed by atoms with Gasteiger partial charge in [0.15, 0.2) is 6.10 Å². The van der Waals surface area contributed by atoms with Gasteiger partial charge >= 0.3 is 17.9 Å². The minimum Gasteiger partial charge on any atom is -0.462 e. The summed E-state index contributed by atoms with van der Waals surface area (Å²) in [5.41, 5.74) is 0. The molecule has 0 aliphatic rings. The van der Waals surface area contributed by atoms with E-state index < -0.39 is 6.10 Å². The van der Waals surface area contributed by atoms with Crippen molar-refractivity contribution in [3.05, 3.63) is 85.1 Å². The highest BCUT2D eigenvalue weighted by molar-refractivity contribution is 5.71. The Balaban J connectivity index is 4.32. The Labute approximate surface area is 515 Å². The summed E-state index contributed by atoms with van der Waals surface area (Å²) in [5, 5.41) is 0. The predicted octanol–water partition coefficient (Wildman–Crippen LogP) is 25.0. The molecule has 0 aliphatic heterocycles. The summed E-state index contributed by atoms with van der Waals surface area (Å²) < 4.78 is 17.0. The van der Waals surface area contributed by atoms with Crippen molar-refractivity contribution in [2.75, 3.05) is 13.2 Å². The zero-order valence-corrected chi connectivity index (χ0v) is 55.2. The van der Waals surface area contributed by atoms with Crippen molar-refractivity contribution in [2.24, 2.45) is 0 Å². The van der Waals surface area contributed by atoms with Crippen LogP contribution in [0.15, 0.2) is 85.1 Å². The van der Waals surface area contributed by atoms with E-state index in [0.717, 1.165) is 96.3 Å². The summed E-state index contributed by atoms with van der Waals surface area (Å²) in [7, 11) is 0. The van der Waals surface area contributed by atoms with Crippen LogP contribution in [0.1, 0.15) is 367 Å². The molecule has 0 radical (unpaired) electrons. The first-order valence-corrected chi connectivity index (χ1v) is 36.1. The summed E-state index contributed by atoms with van der Waals surface area (Å²) in [6, 6.07) is 0. The van der Waals surface area contributed by atoms with Gasteiger partial charge in [0.05, 0.1) is 0 Å². The maximum absolute atomic E-state index is 13.0. The highest BCUT2D eigenvalue weighted by Gasteiger charge is 2.19. The van der Waals surface area contributed by atoms with Crippen molar-refractivity contribution >= 4 is 17.9 Å². The van der Waals surface area contributed by atoms with Gasteiger partial charge in [-0.05, 0) is 96.3 Å². The third-order valence-electron chi connectivity index (χ3n) is 15.9. The third-order valence-corrected chi connectivity index (χ3v) is 15.9. The van der Waals surface area contributed by atoms with E-state index in [-0.39, 0.29) is 31.1 Å². The van der Waals surface area contributed by atoms with Crippen LogP contribution < -0.4 is 0 Å². The Morgan fingerprint density at radius 3 is 0.747 bits per heavy atom. The van der Waals surface area contributed by atoms with Crippen molar-refractivity contribution in [3.8, 4) is 0 Å². The number of carbonyl (C=O) groups is 3. The molecule has 0 bridgehead atoms. The van der Waals surface area contributed by atoms with E-state index in [9.17, 15) is 14.4 Å². The Hall–Kier alpha value is -3.41. The van der Waals surface area contributed by atoms with Gasteiger partial charge in [0, 0.05) is 19.3 Å². The van der Waals surface area contributed by atoms with Crippen LogP contribution in [0.3, 0.4) is 0 Å². The maximum Gasteiger partial charge on any atom is 0.306 e. The van der Waals surface area contributed by atoms with Crippen LogP contribution >= 0.6 is 0 Å². The fourth-order valence-electron chi connectivity index (χ4n) is 10.5. The van der Waals surface area contributed by atoms with Crippen LogP contribution in [-0.4, -0.2) is 37.2 Å². The fourth-order valence-corrected chi connectivity index (χ4v) is 10.5. The summed E-state index contributed by atoms with van der Waals surface area (Å²) in [5.74, 6) is -0.861. The van der Waals surface area contributed by atoms with Crippen molar-refractivity contribution < 1.29 is 28.6 Å². The number of ether oxygens (including phenoxy) is 3. The second-order valence-corrected chi connectivity index (χ2v) is 24.1. The molecule has 0 aromatic rings. The van der Waals surface area contributed by atoms with Crippen LogP contribution in [0.4, 0.5) is 0 Å². The van der Waals surface area contributed by atoms with Gasteiger partial charge in [0.2, 0.25) is 0 Å². The first-order valence-electron chi connectivity index (χ1n) is 36.1. The molecule has 6 heteroatoms. The quantitative estimate of drug-likeness (QED) is 0.0261. The number of carbonyl (C=O) groups excluding carboxylic acids is 3. The fraction of sp³-hybridized carbons (Fsp3) is 0.779. The molecule has 0 spiro atoms. The van der Waals surface area contributed by atoms with Crippen molar-refractivity contribution in [2.45, 2.75) is 374 Å². The largest absolute Gasteiger partial charge is 0.462 e. The topological polar surface area (TPSA) is 78.9 Å². The Morgan fingerprint density at radius 2 is 0.470 bits per heavy atom. The maximum atomic E-state index is 13.0. The van der Waals surface area contributed by atoms with E-state index in [1.165, 1.54) is 231 Å². The summed E-state index contributed by atoms with van der Waals surface area (Å²) >= 11 is 0. The van der Waals surface area contributed by atoms with Gasteiger partial charge in [0.1, 0.15) is 13.2 Å². The van der Waals surface area contributed by atoms with E-state index in [1.54, 1.807) is 0 Å². The zero-order valence-electron chi connectivity index (χ0n) is 55.2. The molecule has 0 fully saturated rings. The second-order valence-electron chi connectivity index (χ2n) is 24.1. The molecule has 0 aromatic carbocycles. The van der Waals surface area contributed by atoms with Crippen LogP contribution in [0.25, 0.3) is 0 Å². The van der Waals surface area contributed by atoms with Gasteiger partial charge in [-0.3, -0.25) is 14.4 Å². The minimum absolute atomic E-state index is 0.0747. The van der Waals surface area contributed by atoms with Crippen LogP contribution in [0.2, 0.25) is 0 Å². The molecule has 0 heterocycles. The lowest BCUT2D eigenvalue weighted by molar-refractivity contribution is -0.167. The molecule has 0 saturated carbocycles. The predicted molar refractivity (Wildman–Crippen MR) is 362 cm³/mol. The molecule has 0 aromatic heterocycles. The third kappa shape index (κ3) is 69.3. The van der Waals surface area contributed by atoms with Gasteiger partial charge in [0.25, 0.3) is 0 Å². The lowest BCUT2D eigenvalue weighted by Crippen LogP contribution is -2.30. The smallest absolute Gasteiger partial charge is 0.306 e. The monoisotopic (exact) mass is 1160 g/mol. The van der Waals surface area contributed by atoms with E-state index in [2.05, 4.69) is 106 Å². The normalized spacial score (nSPS) is 12.6. The molecule has 0 rings (SSSR count). The SMILES string of the molecule is CC/C=C\C/C=C\C/C=C\C/C=C\C/C=C\C/C=C\CCCCCCCCCCCCC(=O)OCC(COC(=O)CCCCCCCCCCCCCCCCCCCC)OC(=O)CCCCCCCCC/C=C\CCCCCCCCC. The molecule has 0 saturated heterocycles. The van der Waals surface area contributed by atoms with E-state index in [0.29, 0.717) is 19.3 Å². The molecule has 83 heavy (non-hydrogen) atoms. The van der Waals surface area contributed by atoms with E-state index >= 15 is 0 Å². The van der Waals surface area contributed by atoms with Gasteiger partial charge < -0.3 is 14.2 Å². The second kappa shape index (κ2) is 71.1. The highest BCUT2D eigenvalue weighted by Crippen LogP contribution is 2.18. The molecule has 1 atom stereocenters. The van der Waals surface area contributed by atoms with Crippen LogP contribution in [0, 0.1) is 0 Å². The summed E-state index contributed by atoms with van der Waals surface area (Å²) in [6.45, 7) is 6.58. The van der Waals surface area contributed by atoms with Gasteiger partial charge in [-0.15, -0.1) is 0 Å².